The summed E-state index contributed by atoms with van der Waals surface area (Å²) in [4.78, 5) is 54.0. The Labute approximate surface area is 400 Å². The highest BCUT2D eigenvalue weighted by molar-refractivity contribution is 6.32. The van der Waals surface area contributed by atoms with Crippen LogP contribution < -0.4 is 4.74 Å². The van der Waals surface area contributed by atoms with Gasteiger partial charge in [0, 0.05) is 35.3 Å². The van der Waals surface area contributed by atoms with Gasteiger partial charge in [0.1, 0.15) is 41.8 Å². The Bertz CT molecular complexity index is 2260. The highest BCUT2D eigenvalue weighted by Gasteiger charge is 2.60. The van der Waals surface area contributed by atoms with Gasteiger partial charge in [0.25, 0.3) is 5.76 Å². The normalized spacial score (nSPS) is 41.1. The third-order valence-electron chi connectivity index (χ3n) is 15.6. The van der Waals surface area contributed by atoms with E-state index in [1.54, 1.807) is 45.9 Å². The average Bonchev–Trinajstić information content (AvgIpc) is 3.52. The molecule has 0 amide bonds. The number of hydrogen-bond donors (Lipinski definition) is 5. The second-order valence-corrected chi connectivity index (χ2v) is 20.1. The fourth-order valence-corrected chi connectivity index (χ4v) is 11.8. The summed E-state index contributed by atoms with van der Waals surface area (Å²) in [6.45, 7) is 8.39. The average molecular weight is 971 g/mol. The number of allylic oxidation sites excluding steroid dienone is 2. The second-order valence-electron chi connectivity index (χ2n) is 19.7. The number of aliphatic hydroxyl groups is 4. The van der Waals surface area contributed by atoms with E-state index in [9.17, 15) is 44.7 Å². The molecule has 17 nitrogen and oxygen atoms in total. The largest absolute Gasteiger partial charge is 0.505 e. The third kappa shape index (κ3) is 9.02. The van der Waals surface area contributed by atoms with Crippen LogP contribution in [-0.2, 0) is 47.5 Å². The van der Waals surface area contributed by atoms with Gasteiger partial charge in [-0.3, -0.25) is 4.79 Å². The van der Waals surface area contributed by atoms with Crippen LogP contribution in [0.3, 0.4) is 0 Å². The number of carbonyl (C=O) groups excluding carboxylic acids is 3. The smallest absolute Gasteiger partial charge is 0.379 e. The minimum Gasteiger partial charge on any atom is -0.505 e. The molecule has 5 N–H and O–H groups in total. The number of aliphatic hydroxyl groups excluding tert-OH is 4. The maximum Gasteiger partial charge on any atom is 0.379 e. The topological polar surface area (TPSA) is 243 Å². The van der Waals surface area contributed by atoms with E-state index < -0.39 is 120 Å². The summed E-state index contributed by atoms with van der Waals surface area (Å²) in [6, 6.07) is 3.14. The van der Waals surface area contributed by atoms with E-state index >= 15 is 0 Å². The van der Waals surface area contributed by atoms with Gasteiger partial charge < -0.3 is 63.4 Å². The molecular formula is C50H63ClO17. The molecule has 18 heteroatoms. The van der Waals surface area contributed by atoms with E-state index in [0.717, 1.165) is 12.8 Å². The summed E-state index contributed by atoms with van der Waals surface area (Å²) in [5.41, 5.74) is -2.17. The van der Waals surface area contributed by atoms with E-state index in [1.807, 2.05) is 25.2 Å². The number of ether oxygens (including phenoxy) is 8. The molecule has 8 rings (SSSR count). The van der Waals surface area contributed by atoms with Crippen molar-refractivity contribution in [2.24, 2.45) is 35.0 Å². The van der Waals surface area contributed by atoms with Crippen molar-refractivity contribution in [3.8, 4) is 5.75 Å². The zero-order valence-corrected chi connectivity index (χ0v) is 39.8. The van der Waals surface area contributed by atoms with Gasteiger partial charge in [-0.05, 0) is 95.2 Å². The summed E-state index contributed by atoms with van der Waals surface area (Å²) in [7, 11) is 1.41. The number of esters is 3. The molecule has 1 spiro atoms. The standard InChI is InChI=1S/C50H63ClO17/c1-23-22-50-28(20-30(23)44(56)57)13-10-8-7-9-12-27-16-17-29-31(49(27,5)48(60)67-42(43(50)55)46(59)68-50)14-11-15-33(29)65-47-40(54)39(53)41(26(4)63-47)66-36-21-35(38(52)25(3)62-36)64-45(58)37-24(2)32(51)18-19-34(37)61-6/h10,13,16-20,23,25-29,31,33,35-36,38-41,47,52-55H,7-9,11-12,14-15,21-22H2,1-6H3,(H,56,57)/b13-10+/t23-,25-,26-,27-,28-,29+,31-,33+,35-,36+,38-,39-,40-,41-,47+,49-,50+/m1/s1. The van der Waals surface area contributed by atoms with Gasteiger partial charge in [0.15, 0.2) is 23.9 Å². The maximum absolute atomic E-state index is 14.8. The van der Waals surface area contributed by atoms with Gasteiger partial charge in [-0.1, -0.05) is 61.7 Å². The van der Waals surface area contributed by atoms with Crippen molar-refractivity contribution < 1.29 is 82.6 Å². The minimum absolute atomic E-state index is 0.0304. The van der Waals surface area contributed by atoms with Crippen LogP contribution in [0.4, 0.5) is 0 Å². The van der Waals surface area contributed by atoms with Crippen LogP contribution in [0.1, 0.15) is 101 Å². The van der Waals surface area contributed by atoms with Crippen molar-refractivity contribution in [1.82, 2.24) is 0 Å². The lowest BCUT2D eigenvalue weighted by atomic mass is 9.55. The second kappa shape index (κ2) is 19.8. The molecule has 17 atom stereocenters. The SMILES string of the molecule is COc1ccc(Cl)c(C)c1C(=O)O[C@@H]1C[C@H](O[C@H]2[C@H](O)[C@@H](O)[C@H](O[C@H]3CCC[C@@H]4[C@@H]3C=C[C@H]3CCCC/C=C/[C@@H]5C=C(C(=O)O)[C@H](C)C[C@]56OC(=O)C(=C6O)OC(=O)[C@@]43C)O[C@@H]2C)O[C@H](C)[C@H]1O. The van der Waals surface area contributed by atoms with E-state index in [4.69, 9.17) is 49.5 Å². The molecule has 4 heterocycles. The zero-order valence-electron chi connectivity index (χ0n) is 39.1. The molecule has 0 radical (unpaired) electrons. The predicted molar refractivity (Wildman–Crippen MR) is 240 cm³/mol. The summed E-state index contributed by atoms with van der Waals surface area (Å²) in [5.74, 6) is -6.97. The van der Waals surface area contributed by atoms with Gasteiger partial charge in [-0.15, -0.1) is 0 Å². The molecule has 3 aliphatic carbocycles. The Morgan fingerprint density at radius 3 is 2.40 bits per heavy atom. The molecule has 68 heavy (non-hydrogen) atoms. The quantitative estimate of drug-likeness (QED) is 0.115. The van der Waals surface area contributed by atoms with Crippen molar-refractivity contribution in [1.29, 1.82) is 0 Å². The van der Waals surface area contributed by atoms with Crippen LogP contribution in [0, 0.1) is 41.9 Å². The number of benzene rings is 1. The molecule has 2 saturated heterocycles. The molecule has 7 aliphatic rings. The van der Waals surface area contributed by atoms with Crippen molar-refractivity contribution in [2.75, 3.05) is 7.11 Å². The summed E-state index contributed by atoms with van der Waals surface area (Å²) >= 11 is 6.29. The zero-order chi connectivity index (χ0) is 49.0. The Morgan fingerprint density at radius 2 is 1.66 bits per heavy atom. The molecule has 3 fully saturated rings. The molecule has 4 aliphatic heterocycles. The molecule has 2 bridgehead atoms. The first kappa shape index (κ1) is 50.1. The lowest BCUT2D eigenvalue weighted by Gasteiger charge is -2.51. The Morgan fingerprint density at radius 1 is 0.897 bits per heavy atom. The van der Waals surface area contributed by atoms with Crippen molar-refractivity contribution >= 4 is 35.5 Å². The Hall–Kier alpha value is -4.33. The molecular weight excluding hydrogens is 908 g/mol. The molecule has 0 unspecified atom stereocenters. The van der Waals surface area contributed by atoms with Gasteiger partial charge in [-0.2, -0.15) is 0 Å². The highest BCUT2D eigenvalue weighted by Crippen LogP contribution is 2.55. The first-order valence-corrected chi connectivity index (χ1v) is 24.1. The molecule has 1 saturated carbocycles. The van der Waals surface area contributed by atoms with Gasteiger partial charge >= 0.3 is 23.9 Å². The van der Waals surface area contributed by atoms with Crippen LogP contribution in [0.15, 0.2) is 59.6 Å². The molecule has 372 valence electrons. The number of aliphatic carboxylic acids is 1. The predicted octanol–water partition coefficient (Wildman–Crippen LogP) is 5.93. The van der Waals surface area contributed by atoms with Crippen molar-refractivity contribution in [3.05, 3.63) is 75.8 Å². The van der Waals surface area contributed by atoms with E-state index in [0.29, 0.717) is 42.7 Å². The van der Waals surface area contributed by atoms with Gasteiger partial charge in [0.2, 0.25) is 0 Å². The summed E-state index contributed by atoms with van der Waals surface area (Å²) < 4.78 is 47.9. The van der Waals surface area contributed by atoms with E-state index in [2.05, 4.69) is 0 Å². The molecule has 1 aromatic carbocycles. The fraction of sp³-hybridized carbons (Fsp3) is 0.640. The van der Waals surface area contributed by atoms with Crippen LogP contribution in [0.5, 0.6) is 5.75 Å². The maximum atomic E-state index is 14.8. The fourth-order valence-electron chi connectivity index (χ4n) is 11.6. The van der Waals surface area contributed by atoms with Crippen LogP contribution >= 0.6 is 11.6 Å². The summed E-state index contributed by atoms with van der Waals surface area (Å²) in [6.07, 6.45) is 2.29. The number of methoxy groups -OCH3 is 1. The van der Waals surface area contributed by atoms with E-state index in [-0.39, 0.29) is 47.5 Å². The number of halogens is 1. The van der Waals surface area contributed by atoms with Crippen LogP contribution in [-0.4, -0.2) is 124 Å². The first-order valence-electron chi connectivity index (χ1n) is 23.7. The lowest BCUT2D eigenvalue weighted by Crippen LogP contribution is -2.61. The van der Waals surface area contributed by atoms with Crippen molar-refractivity contribution in [3.63, 3.8) is 0 Å². The molecule has 0 aromatic heterocycles. The molecule has 1 aromatic rings. The Kier molecular flexibility index (Phi) is 14.6. The van der Waals surface area contributed by atoms with Crippen molar-refractivity contribution in [2.45, 2.75) is 159 Å². The number of carboxylic acid groups (broad SMARTS) is 1. The number of carboxylic acids is 1. The minimum atomic E-state index is -1.65. The van der Waals surface area contributed by atoms with Crippen LogP contribution in [0.2, 0.25) is 5.02 Å². The van der Waals surface area contributed by atoms with Gasteiger partial charge in [-0.25, -0.2) is 14.4 Å². The first-order chi connectivity index (χ1) is 32.3. The number of rotatable bonds is 8. The number of hydrogen-bond acceptors (Lipinski definition) is 16. The lowest BCUT2D eigenvalue weighted by molar-refractivity contribution is -0.343. The summed E-state index contributed by atoms with van der Waals surface area (Å²) in [5, 5.41) is 56.2. The third-order valence-corrected chi connectivity index (χ3v) is 16.0. The van der Waals surface area contributed by atoms with E-state index in [1.165, 1.54) is 13.2 Å². The number of carbonyl (C=O) groups is 4. The Balaban J connectivity index is 0.968. The number of fused-ring (bicyclic) bond motifs is 3. The highest BCUT2D eigenvalue weighted by atomic mass is 35.5. The van der Waals surface area contributed by atoms with Gasteiger partial charge in [0.05, 0.1) is 30.8 Å². The monoisotopic (exact) mass is 970 g/mol. The van der Waals surface area contributed by atoms with Crippen LogP contribution in [0.25, 0.3) is 0 Å².